The molecule has 1 amide bonds. The lowest BCUT2D eigenvalue weighted by molar-refractivity contribution is -0.0826. The van der Waals surface area contributed by atoms with Crippen LogP contribution in [0.25, 0.3) is 0 Å². The van der Waals surface area contributed by atoms with Crippen LogP contribution in [0.3, 0.4) is 0 Å². The number of likely N-dealkylation sites (tertiary alicyclic amines) is 1. The molecule has 0 spiro atoms. The molecule has 1 heterocycles. The summed E-state index contributed by atoms with van der Waals surface area (Å²) < 4.78 is 1.05. The summed E-state index contributed by atoms with van der Waals surface area (Å²) >= 11 is 2.19. The summed E-state index contributed by atoms with van der Waals surface area (Å²) in [6.07, 6.45) is 0.698. The van der Waals surface area contributed by atoms with Crippen molar-refractivity contribution in [3.05, 3.63) is 33.4 Å². The zero-order chi connectivity index (χ0) is 11.8. The number of halogens is 1. The van der Waals surface area contributed by atoms with Crippen LogP contribution in [0.2, 0.25) is 0 Å². The first-order valence-corrected chi connectivity index (χ1v) is 6.39. The second-order valence-electron chi connectivity index (χ2n) is 4.25. The zero-order valence-electron chi connectivity index (χ0n) is 9.11. The molecule has 0 bridgehead atoms. The number of hydrogen-bond acceptors (Lipinski definition) is 2. The number of β-amino-alcohol motifs (C(OH)–C–C–N with tert-alkyl or cyclic N) is 1. The van der Waals surface area contributed by atoms with Gasteiger partial charge in [0.25, 0.3) is 5.91 Å². The molecule has 2 rings (SSSR count). The van der Waals surface area contributed by atoms with E-state index in [-0.39, 0.29) is 5.91 Å². The maximum Gasteiger partial charge on any atom is 0.254 e. The van der Waals surface area contributed by atoms with Gasteiger partial charge < -0.3 is 10.0 Å². The Labute approximate surface area is 109 Å². The zero-order valence-corrected chi connectivity index (χ0v) is 11.3. The van der Waals surface area contributed by atoms with Gasteiger partial charge in [0.15, 0.2) is 0 Å². The summed E-state index contributed by atoms with van der Waals surface area (Å²) in [5, 5.41) is 9.84. The normalized spacial score (nSPS) is 18.1. The molecule has 3 nitrogen and oxygen atoms in total. The maximum absolute atomic E-state index is 12.0. The Morgan fingerprint density at radius 1 is 1.56 bits per heavy atom. The van der Waals surface area contributed by atoms with E-state index in [2.05, 4.69) is 22.6 Å². The van der Waals surface area contributed by atoms with Gasteiger partial charge in [-0.25, -0.2) is 0 Å². The van der Waals surface area contributed by atoms with Crippen molar-refractivity contribution in [1.82, 2.24) is 4.90 Å². The van der Waals surface area contributed by atoms with E-state index < -0.39 is 5.60 Å². The Balaban J connectivity index is 2.06. The summed E-state index contributed by atoms with van der Waals surface area (Å²) in [5.74, 6) is 0.0108. The van der Waals surface area contributed by atoms with Crippen LogP contribution < -0.4 is 0 Å². The van der Waals surface area contributed by atoms with E-state index in [0.29, 0.717) is 25.1 Å². The van der Waals surface area contributed by atoms with Crippen molar-refractivity contribution in [2.75, 3.05) is 13.1 Å². The van der Waals surface area contributed by atoms with Gasteiger partial charge in [-0.3, -0.25) is 4.79 Å². The van der Waals surface area contributed by atoms with Gasteiger partial charge in [-0.15, -0.1) is 0 Å². The molecule has 0 aromatic heterocycles. The van der Waals surface area contributed by atoms with Gasteiger partial charge in [0.2, 0.25) is 0 Å². The van der Waals surface area contributed by atoms with E-state index in [1.165, 1.54) is 0 Å². The Hall–Kier alpha value is -0.620. The molecule has 4 heteroatoms. The summed E-state index contributed by atoms with van der Waals surface area (Å²) in [7, 11) is 0. The monoisotopic (exact) mass is 331 g/mol. The molecule has 1 aromatic rings. The average molecular weight is 331 g/mol. The van der Waals surface area contributed by atoms with Crippen molar-refractivity contribution in [3.63, 3.8) is 0 Å². The third-order valence-electron chi connectivity index (χ3n) is 2.99. The average Bonchev–Trinajstić information content (AvgIpc) is 2.24. The van der Waals surface area contributed by atoms with Gasteiger partial charge >= 0.3 is 0 Å². The van der Waals surface area contributed by atoms with E-state index in [4.69, 9.17) is 0 Å². The number of hydrogen-bond donors (Lipinski definition) is 1. The Morgan fingerprint density at radius 2 is 2.25 bits per heavy atom. The van der Waals surface area contributed by atoms with Crippen LogP contribution in [0.1, 0.15) is 23.7 Å². The number of carbonyl (C=O) groups excluding carboxylic acids is 1. The van der Waals surface area contributed by atoms with Gasteiger partial charge in [0.05, 0.1) is 18.7 Å². The lowest BCUT2D eigenvalue weighted by Crippen LogP contribution is -2.63. The van der Waals surface area contributed by atoms with Crippen LogP contribution in [0, 0.1) is 3.57 Å². The molecule has 0 radical (unpaired) electrons. The fourth-order valence-corrected chi connectivity index (χ4v) is 2.38. The molecule has 1 fully saturated rings. The first-order valence-electron chi connectivity index (χ1n) is 5.31. The molecule has 1 aliphatic rings. The number of amides is 1. The van der Waals surface area contributed by atoms with Crippen LogP contribution in [0.4, 0.5) is 0 Å². The predicted octanol–water partition coefficient (Wildman–Crippen LogP) is 1.89. The predicted molar refractivity (Wildman–Crippen MR) is 70.3 cm³/mol. The SMILES string of the molecule is CCC1(O)CN(C(=O)c2cccc(I)c2)C1. The van der Waals surface area contributed by atoms with Gasteiger partial charge in [-0.1, -0.05) is 13.0 Å². The third-order valence-corrected chi connectivity index (χ3v) is 3.66. The molecule has 0 unspecified atom stereocenters. The highest BCUT2D eigenvalue weighted by Gasteiger charge is 2.42. The molecule has 1 aromatic carbocycles. The fourth-order valence-electron chi connectivity index (χ4n) is 1.84. The van der Waals surface area contributed by atoms with Crippen LogP contribution in [-0.2, 0) is 0 Å². The molecule has 0 atom stereocenters. The Morgan fingerprint density at radius 3 is 2.81 bits per heavy atom. The highest BCUT2D eigenvalue weighted by atomic mass is 127. The van der Waals surface area contributed by atoms with Crippen LogP contribution in [-0.4, -0.2) is 34.6 Å². The first-order chi connectivity index (χ1) is 7.54. The lowest BCUT2D eigenvalue weighted by atomic mass is 9.91. The van der Waals surface area contributed by atoms with Gasteiger partial charge in [-0.2, -0.15) is 0 Å². The van der Waals surface area contributed by atoms with Crippen LogP contribution >= 0.6 is 22.6 Å². The number of benzene rings is 1. The van der Waals surface area contributed by atoms with Gasteiger partial charge in [0, 0.05) is 9.13 Å². The van der Waals surface area contributed by atoms with Crippen molar-refractivity contribution in [2.24, 2.45) is 0 Å². The summed E-state index contributed by atoms with van der Waals surface area (Å²) in [6, 6.07) is 7.51. The largest absolute Gasteiger partial charge is 0.386 e. The van der Waals surface area contributed by atoms with E-state index in [9.17, 15) is 9.90 Å². The van der Waals surface area contributed by atoms with E-state index in [1.54, 1.807) is 4.90 Å². The second kappa shape index (κ2) is 4.33. The molecule has 1 saturated heterocycles. The van der Waals surface area contributed by atoms with E-state index >= 15 is 0 Å². The molecule has 1 N–H and O–H groups in total. The number of carbonyl (C=O) groups is 1. The van der Waals surface area contributed by atoms with Crippen molar-refractivity contribution >= 4 is 28.5 Å². The summed E-state index contributed by atoms with van der Waals surface area (Å²) in [5.41, 5.74) is 0.0440. The molecular formula is C12H14INO2. The third kappa shape index (κ3) is 2.22. The quantitative estimate of drug-likeness (QED) is 0.841. The minimum Gasteiger partial charge on any atom is -0.386 e. The smallest absolute Gasteiger partial charge is 0.254 e. The van der Waals surface area contributed by atoms with E-state index in [1.807, 2.05) is 31.2 Å². The summed E-state index contributed by atoms with van der Waals surface area (Å²) in [4.78, 5) is 13.7. The highest BCUT2D eigenvalue weighted by Crippen LogP contribution is 2.25. The highest BCUT2D eigenvalue weighted by molar-refractivity contribution is 14.1. The van der Waals surface area contributed by atoms with Gasteiger partial charge in [-0.05, 0) is 47.2 Å². The molecule has 16 heavy (non-hydrogen) atoms. The Bertz CT molecular complexity index is 413. The Kier molecular flexibility index (Phi) is 3.21. The fraction of sp³-hybridized carbons (Fsp3) is 0.417. The molecule has 0 aliphatic carbocycles. The van der Waals surface area contributed by atoms with Crippen molar-refractivity contribution in [3.8, 4) is 0 Å². The standard InChI is InChI=1S/C12H14INO2/c1-2-12(16)7-14(8-12)11(15)9-4-3-5-10(13)6-9/h3-6,16H,2,7-8H2,1H3. The topological polar surface area (TPSA) is 40.5 Å². The molecule has 86 valence electrons. The minimum absolute atomic E-state index is 0.0108. The minimum atomic E-state index is -0.655. The molecule has 0 saturated carbocycles. The summed E-state index contributed by atoms with van der Waals surface area (Å²) in [6.45, 7) is 2.84. The molecule has 1 aliphatic heterocycles. The molecular weight excluding hydrogens is 317 g/mol. The maximum atomic E-state index is 12.0. The lowest BCUT2D eigenvalue weighted by Gasteiger charge is -2.46. The van der Waals surface area contributed by atoms with Crippen LogP contribution in [0.5, 0.6) is 0 Å². The van der Waals surface area contributed by atoms with E-state index in [0.717, 1.165) is 3.57 Å². The van der Waals surface area contributed by atoms with Crippen molar-refractivity contribution < 1.29 is 9.90 Å². The van der Waals surface area contributed by atoms with Crippen LogP contribution in [0.15, 0.2) is 24.3 Å². The first kappa shape index (κ1) is 11.9. The number of rotatable bonds is 2. The van der Waals surface area contributed by atoms with Crippen molar-refractivity contribution in [2.45, 2.75) is 18.9 Å². The number of nitrogens with zero attached hydrogens (tertiary/aromatic N) is 1. The van der Waals surface area contributed by atoms with Crippen molar-refractivity contribution in [1.29, 1.82) is 0 Å². The second-order valence-corrected chi connectivity index (χ2v) is 5.50. The van der Waals surface area contributed by atoms with Gasteiger partial charge in [0.1, 0.15) is 0 Å². The number of aliphatic hydroxyl groups is 1.